The van der Waals surface area contributed by atoms with Gasteiger partial charge in [-0.05, 0) is 62.8 Å². The Morgan fingerprint density at radius 2 is 1.88 bits per heavy atom. The van der Waals surface area contributed by atoms with Crippen LogP contribution in [-0.4, -0.2) is 38.5 Å². The summed E-state index contributed by atoms with van der Waals surface area (Å²) in [5.74, 6) is -0.455. The number of fused-ring (bicyclic) bond motifs is 1. The van der Waals surface area contributed by atoms with Crippen LogP contribution in [0.25, 0.3) is 5.65 Å². The molecule has 4 heterocycles. The average molecular weight is 484 g/mol. The van der Waals surface area contributed by atoms with Gasteiger partial charge in [0.05, 0.1) is 17.3 Å². The van der Waals surface area contributed by atoms with E-state index in [2.05, 4.69) is 29.0 Å². The molecule has 1 fully saturated rings. The van der Waals surface area contributed by atoms with Gasteiger partial charge in [-0.15, -0.1) is 0 Å². The zero-order valence-corrected chi connectivity index (χ0v) is 20.9. The highest BCUT2D eigenvalue weighted by molar-refractivity contribution is 6.29. The number of hydrogen-bond donors (Lipinski definition) is 2. The van der Waals surface area contributed by atoms with E-state index in [9.17, 15) is 14.7 Å². The monoisotopic (exact) mass is 483 g/mol. The lowest BCUT2D eigenvalue weighted by atomic mass is 9.82. The molecule has 9 heteroatoms. The van der Waals surface area contributed by atoms with Gasteiger partial charge in [0.25, 0.3) is 5.56 Å². The largest absolute Gasteiger partial charge is 0.476 e. The van der Waals surface area contributed by atoms with Crippen LogP contribution < -0.4 is 15.8 Å². The summed E-state index contributed by atoms with van der Waals surface area (Å²) in [6.45, 7) is 11.9. The third-order valence-electron chi connectivity index (χ3n) is 6.61. The van der Waals surface area contributed by atoms with Crippen LogP contribution in [0, 0.1) is 19.3 Å². The van der Waals surface area contributed by atoms with Crippen molar-refractivity contribution < 1.29 is 9.90 Å². The molecule has 4 rings (SSSR count). The minimum absolute atomic E-state index is 0.0960. The number of carboxylic acids is 1. The molecule has 1 saturated heterocycles. The highest BCUT2D eigenvalue weighted by Gasteiger charge is 2.28. The van der Waals surface area contributed by atoms with E-state index in [1.807, 2.05) is 26.8 Å². The second-order valence-electron chi connectivity index (χ2n) is 9.88. The van der Waals surface area contributed by atoms with E-state index < -0.39 is 5.97 Å². The van der Waals surface area contributed by atoms with E-state index in [-0.39, 0.29) is 27.9 Å². The molecule has 0 radical (unpaired) electrons. The summed E-state index contributed by atoms with van der Waals surface area (Å²) in [7, 11) is 0. The van der Waals surface area contributed by atoms with Crippen molar-refractivity contribution >= 4 is 34.7 Å². The molecular weight excluding hydrogens is 454 g/mol. The highest BCUT2D eigenvalue weighted by atomic mass is 35.5. The summed E-state index contributed by atoms with van der Waals surface area (Å²) in [6.07, 6.45) is 3.87. The van der Waals surface area contributed by atoms with Crippen LogP contribution in [0.15, 0.2) is 29.2 Å². The van der Waals surface area contributed by atoms with E-state index in [1.54, 1.807) is 22.7 Å². The van der Waals surface area contributed by atoms with Crippen molar-refractivity contribution in [1.82, 2.24) is 14.4 Å². The predicted molar refractivity (Wildman–Crippen MR) is 134 cm³/mol. The number of carbonyl (C=O) groups is 1. The fourth-order valence-corrected chi connectivity index (χ4v) is 4.61. The lowest BCUT2D eigenvalue weighted by molar-refractivity contribution is 0.0691. The first-order valence-corrected chi connectivity index (χ1v) is 11.8. The summed E-state index contributed by atoms with van der Waals surface area (Å²) < 4.78 is 1.59. The molecule has 1 atom stereocenters. The zero-order chi connectivity index (χ0) is 24.8. The average Bonchev–Trinajstić information content (AvgIpc) is 2.77. The molecule has 3 aromatic rings. The van der Waals surface area contributed by atoms with Crippen molar-refractivity contribution in [3.63, 3.8) is 0 Å². The molecular formula is C25H30ClN5O3. The van der Waals surface area contributed by atoms with Gasteiger partial charge >= 0.3 is 5.97 Å². The summed E-state index contributed by atoms with van der Waals surface area (Å²) in [5, 5.41) is 12.9. The Morgan fingerprint density at radius 1 is 1.21 bits per heavy atom. The van der Waals surface area contributed by atoms with E-state index in [0.29, 0.717) is 16.9 Å². The Bertz CT molecular complexity index is 1320. The molecule has 0 aromatic carbocycles. The number of aromatic carboxylic acids is 1. The molecule has 1 aliphatic rings. The standard InChI is InChI=1S/C25H30ClN5O3/c1-14-12-17(16(3)27-18-6-7-19(26)28-20(18)24(33)34)22-29-21(15(2)23(32)31(22)13-14)30-10-8-25(4,5)9-11-30/h6-7,12-13,16,27H,8-11H2,1-5H3,(H,33,34)/t16-/m1/s1. The molecule has 0 saturated carbocycles. The van der Waals surface area contributed by atoms with E-state index >= 15 is 0 Å². The smallest absolute Gasteiger partial charge is 0.356 e. The lowest BCUT2D eigenvalue weighted by Crippen LogP contribution is -2.39. The third-order valence-corrected chi connectivity index (χ3v) is 6.82. The number of anilines is 2. The second-order valence-corrected chi connectivity index (χ2v) is 10.3. The van der Waals surface area contributed by atoms with Crippen molar-refractivity contribution in [3.8, 4) is 0 Å². The third kappa shape index (κ3) is 4.59. The minimum Gasteiger partial charge on any atom is -0.476 e. The minimum atomic E-state index is -1.17. The zero-order valence-electron chi connectivity index (χ0n) is 20.1. The van der Waals surface area contributed by atoms with Crippen molar-refractivity contribution in [1.29, 1.82) is 0 Å². The van der Waals surface area contributed by atoms with E-state index in [1.165, 1.54) is 0 Å². The van der Waals surface area contributed by atoms with Crippen LogP contribution in [0.1, 0.15) is 66.8 Å². The highest BCUT2D eigenvalue weighted by Crippen LogP contribution is 2.33. The van der Waals surface area contributed by atoms with E-state index in [0.717, 1.165) is 42.9 Å². The Kier molecular flexibility index (Phi) is 6.29. The summed E-state index contributed by atoms with van der Waals surface area (Å²) in [4.78, 5) is 36.2. The maximum absolute atomic E-state index is 13.4. The normalized spacial score (nSPS) is 16.5. The van der Waals surface area contributed by atoms with Gasteiger partial charge in [0.1, 0.15) is 16.6 Å². The molecule has 34 heavy (non-hydrogen) atoms. The predicted octanol–water partition coefficient (Wildman–Crippen LogP) is 4.86. The van der Waals surface area contributed by atoms with Crippen molar-refractivity contribution in [2.75, 3.05) is 23.3 Å². The molecule has 0 spiro atoms. The maximum Gasteiger partial charge on any atom is 0.356 e. The number of pyridine rings is 2. The number of nitrogens with one attached hydrogen (secondary N) is 1. The van der Waals surface area contributed by atoms with Gasteiger partial charge in [0, 0.05) is 24.8 Å². The molecule has 180 valence electrons. The van der Waals surface area contributed by atoms with Crippen molar-refractivity contribution in [2.45, 2.75) is 53.5 Å². The molecule has 2 N–H and O–H groups in total. The first-order valence-electron chi connectivity index (χ1n) is 11.4. The first kappa shape index (κ1) is 24.0. The number of halogens is 1. The number of aromatic nitrogens is 3. The fraction of sp³-hybridized carbons (Fsp3) is 0.440. The molecule has 0 bridgehead atoms. The Hall–Kier alpha value is -3.13. The van der Waals surface area contributed by atoms with Gasteiger partial charge in [0.15, 0.2) is 5.69 Å². The lowest BCUT2D eigenvalue weighted by Gasteiger charge is -2.38. The van der Waals surface area contributed by atoms with Crippen molar-refractivity contribution in [3.05, 3.63) is 62.3 Å². The van der Waals surface area contributed by atoms with Crippen LogP contribution in [-0.2, 0) is 0 Å². The summed E-state index contributed by atoms with van der Waals surface area (Å²) >= 11 is 5.90. The Balaban J connectivity index is 1.79. The van der Waals surface area contributed by atoms with Crippen LogP contribution >= 0.6 is 11.6 Å². The second kappa shape index (κ2) is 8.91. The SMILES string of the molecule is Cc1cc([C@@H](C)Nc2ccc(Cl)nc2C(=O)O)c2nc(N3CCC(C)(C)CC3)c(C)c(=O)n2c1. The number of nitrogens with zero attached hydrogens (tertiary/aromatic N) is 4. The van der Waals surface area contributed by atoms with Crippen LogP contribution in [0.2, 0.25) is 5.15 Å². The molecule has 0 aliphatic carbocycles. The van der Waals surface area contributed by atoms with E-state index in [4.69, 9.17) is 16.6 Å². The van der Waals surface area contributed by atoms with Gasteiger partial charge in [-0.1, -0.05) is 25.4 Å². The van der Waals surface area contributed by atoms with Gasteiger partial charge < -0.3 is 15.3 Å². The Labute approximate surface area is 203 Å². The van der Waals surface area contributed by atoms with Crippen molar-refractivity contribution in [2.24, 2.45) is 5.41 Å². The summed E-state index contributed by atoms with van der Waals surface area (Å²) in [6, 6.07) is 4.76. The molecule has 3 aromatic heterocycles. The van der Waals surface area contributed by atoms with Gasteiger partial charge in [0.2, 0.25) is 0 Å². The molecule has 0 amide bonds. The number of aryl methyl sites for hydroxylation is 1. The first-order chi connectivity index (χ1) is 16.0. The number of piperidine rings is 1. The van der Waals surface area contributed by atoms with Crippen LogP contribution in [0.4, 0.5) is 11.5 Å². The topological polar surface area (TPSA) is 99.8 Å². The number of rotatable bonds is 5. The maximum atomic E-state index is 13.4. The molecule has 8 nitrogen and oxygen atoms in total. The van der Waals surface area contributed by atoms with Crippen LogP contribution in [0.5, 0.6) is 0 Å². The van der Waals surface area contributed by atoms with Gasteiger partial charge in [-0.3, -0.25) is 9.20 Å². The fourth-order valence-electron chi connectivity index (χ4n) is 4.46. The quantitative estimate of drug-likeness (QED) is 0.500. The summed E-state index contributed by atoms with van der Waals surface area (Å²) in [5.41, 5.74) is 3.25. The van der Waals surface area contributed by atoms with Gasteiger partial charge in [-0.2, -0.15) is 0 Å². The number of hydrogen-bond acceptors (Lipinski definition) is 6. The number of carboxylic acid groups (broad SMARTS) is 1. The van der Waals surface area contributed by atoms with Gasteiger partial charge in [-0.25, -0.2) is 14.8 Å². The Morgan fingerprint density at radius 3 is 2.53 bits per heavy atom. The molecule has 0 unspecified atom stereocenters. The van der Waals surface area contributed by atoms with Crippen LogP contribution in [0.3, 0.4) is 0 Å². The molecule has 1 aliphatic heterocycles.